The van der Waals surface area contributed by atoms with E-state index in [9.17, 15) is 9.59 Å². The van der Waals surface area contributed by atoms with E-state index in [2.05, 4.69) is 0 Å². The molecule has 1 aliphatic rings. The van der Waals surface area contributed by atoms with Crippen LogP contribution >= 0.6 is 0 Å². The Morgan fingerprint density at radius 1 is 1.03 bits per heavy atom. The minimum absolute atomic E-state index is 0.000184. The van der Waals surface area contributed by atoms with Crippen molar-refractivity contribution in [1.29, 1.82) is 0 Å². The van der Waals surface area contributed by atoms with Crippen molar-refractivity contribution in [2.75, 3.05) is 21.3 Å². The number of carbonyl (C=O) groups is 1. The van der Waals surface area contributed by atoms with Crippen molar-refractivity contribution in [3.05, 3.63) is 75.5 Å². The van der Waals surface area contributed by atoms with E-state index in [0.717, 1.165) is 0 Å². The number of para-hydroxylation sites is 1. The van der Waals surface area contributed by atoms with Gasteiger partial charge in [0.1, 0.15) is 11.2 Å². The normalized spacial score (nSPS) is 15.4. The molecular formula is C22H19NO7. The summed E-state index contributed by atoms with van der Waals surface area (Å²) < 4.78 is 26.8. The molecule has 8 heteroatoms. The summed E-state index contributed by atoms with van der Waals surface area (Å²) in [5, 5.41) is 0.560. The van der Waals surface area contributed by atoms with E-state index < -0.39 is 17.5 Å². The maximum Gasteiger partial charge on any atom is 0.344 e. The first kappa shape index (κ1) is 19.4. The molecule has 2 N–H and O–H groups in total. The predicted octanol–water partition coefficient (Wildman–Crippen LogP) is 2.68. The summed E-state index contributed by atoms with van der Waals surface area (Å²) in [5.41, 5.74) is 6.55. The van der Waals surface area contributed by atoms with Crippen LogP contribution in [0.2, 0.25) is 0 Å². The van der Waals surface area contributed by atoms with Crippen molar-refractivity contribution in [2.45, 2.75) is 5.92 Å². The molecule has 0 bridgehead atoms. The van der Waals surface area contributed by atoms with Crippen LogP contribution in [0.15, 0.2) is 63.1 Å². The number of fused-ring (bicyclic) bond motifs is 3. The lowest BCUT2D eigenvalue weighted by Crippen LogP contribution is -2.30. The van der Waals surface area contributed by atoms with Gasteiger partial charge in [-0.25, -0.2) is 9.59 Å². The number of benzene rings is 2. The van der Waals surface area contributed by atoms with E-state index in [-0.39, 0.29) is 22.8 Å². The molecule has 1 atom stereocenters. The van der Waals surface area contributed by atoms with Crippen LogP contribution in [0.4, 0.5) is 0 Å². The molecule has 30 heavy (non-hydrogen) atoms. The van der Waals surface area contributed by atoms with Crippen LogP contribution in [-0.4, -0.2) is 27.3 Å². The van der Waals surface area contributed by atoms with Crippen molar-refractivity contribution >= 4 is 16.9 Å². The zero-order chi connectivity index (χ0) is 21.4. The second-order valence-corrected chi connectivity index (χ2v) is 6.55. The Bertz CT molecular complexity index is 1240. The second kappa shape index (κ2) is 7.47. The van der Waals surface area contributed by atoms with Crippen LogP contribution in [0.1, 0.15) is 17.0 Å². The van der Waals surface area contributed by atoms with Gasteiger partial charge >= 0.3 is 11.6 Å². The average molecular weight is 409 g/mol. The lowest BCUT2D eigenvalue weighted by molar-refractivity contribution is -0.136. The van der Waals surface area contributed by atoms with Crippen LogP contribution in [-0.2, 0) is 9.53 Å². The number of esters is 1. The fourth-order valence-electron chi connectivity index (χ4n) is 3.64. The monoisotopic (exact) mass is 409 g/mol. The first-order valence-corrected chi connectivity index (χ1v) is 9.03. The van der Waals surface area contributed by atoms with Crippen LogP contribution in [0, 0.1) is 0 Å². The quantitative estimate of drug-likeness (QED) is 0.517. The van der Waals surface area contributed by atoms with Crippen molar-refractivity contribution in [2.24, 2.45) is 5.73 Å². The van der Waals surface area contributed by atoms with Gasteiger partial charge in [0.15, 0.2) is 17.2 Å². The molecule has 0 aliphatic carbocycles. The van der Waals surface area contributed by atoms with Crippen LogP contribution in [0.5, 0.6) is 17.2 Å². The molecule has 0 fully saturated rings. The Kier molecular flexibility index (Phi) is 4.83. The average Bonchev–Trinajstić information content (AvgIpc) is 2.77. The number of ether oxygens (including phenoxy) is 4. The highest BCUT2D eigenvalue weighted by Gasteiger charge is 2.39. The molecule has 4 rings (SSSR count). The number of methoxy groups -OCH3 is 3. The Balaban J connectivity index is 2.05. The van der Waals surface area contributed by atoms with Gasteiger partial charge in [0.25, 0.3) is 0 Å². The highest BCUT2D eigenvalue weighted by Crippen LogP contribution is 2.45. The van der Waals surface area contributed by atoms with E-state index >= 15 is 0 Å². The summed E-state index contributed by atoms with van der Waals surface area (Å²) in [6, 6.07) is 12.0. The molecule has 3 aromatic rings. The maximum absolute atomic E-state index is 13.0. The van der Waals surface area contributed by atoms with E-state index in [1.807, 2.05) is 0 Å². The van der Waals surface area contributed by atoms with Crippen molar-refractivity contribution in [3.63, 3.8) is 0 Å². The van der Waals surface area contributed by atoms with Gasteiger partial charge in [0.05, 0.1) is 38.2 Å². The fourth-order valence-corrected chi connectivity index (χ4v) is 3.64. The van der Waals surface area contributed by atoms with Gasteiger partial charge in [-0.05, 0) is 29.8 Å². The largest absolute Gasteiger partial charge is 0.493 e. The molecule has 2 heterocycles. The Morgan fingerprint density at radius 3 is 2.47 bits per heavy atom. The first-order valence-electron chi connectivity index (χ1n) is 9.03. The summed E-state index contributed by atoms with van der Waals surface area (Å²) in [6.45, 7) is 0. The molecule has 0 saturated heterocycles. The molecule has 0 unspecified atom stereocenters. The van der Waals surface area contributed by atoms with Crippen LogP contribution < -0.4 is 25.6 Å². The fraction of sp³-hybridized carbons (Fsp3) is 0.182. The summed E-state index contributed by atoms with van der Waals surface area (Å²) in [5.74, 6) is -0.587. The molecule has 0 amide bonds. The Labute approximate surface area is 171 Å². The molecule has 0 radical (unpaired) electrons. The van der Waals surface area contributed by atoms with Crippen molar-refractivity contribution in [3.8, 4) is 17.2 Å². The smallest absolute Gasteiger partial charge is 0.344 e. The van der Waals surface area contributed by atoms with Crippen molar-refractivity contribution in [1.82, 2.24) is 0 Å². The summed E-state index contributed by atoms with van der Waals surface area (Å²) in [4.78, 5) is 25.6. The standard InChI is InChI=1S/C22H19NO7/c1-26-14-9-8-11(10-15(14)27-2)16-17-19(30-20(23)18(16)21(24)28-3)12-6-4-5-7-13(12)29-22(17)25/h4-10,16H,23H2,1-3H3/t16-/m0/s1. The highest BCUT2D eigenvalue weighted by atomic mass is 16.5. The Morgan fingerprint density at radius 2 is 1.77 bits per heavy atom. The van der Waals surface area contributed by atoms with E-state index in [1.54, 1.807) is 42.5 Å². The number of rotatable bonds is 4. The minimum atomic E-state index is -0.887. The van der Waals surface area contributed by atoms with Gasteiger partial charge in [0.2, 0.25) is 5.88 Å². The third-order valence-electron chi connectivity index (χ3n) is 5.00. The summed E-state index contributed by atoms with van der Waals surface area (Å²) >= 11 is 0. The SMILES string of the molecule is COC(=O)C1=C(N)Oc2c(c(=O)oc3ccccc23)[C@@H]1c1ccc(OC)c(OC)c1. The van der Waals surface area contributed by atoms with Gasteiger partial charge in [-0.3, -0.25) is 0 Å². The highest BCUT2D eigenvalue weighted by molar-refractivity contribution is 5.94. The molecule has 1 aromatic heterocycles. The molecule has 2 aromatic carbocycles. The Hall–Kier alpha value is -3.94. The number of hydrogen-bond acceptors (Lipinski definition) is 8. The predicted molar refractivity (Wildman–Crippen MR) is 108 cm³/mol. The second-order valence-electron chi connectivity index (χ2n) is 6.55. The van der Waals surface area contributed by atoms with Gasteiger partial charge < -0.3 is 29.1 Å². The van der Waals surface area contributed by atoms with Gasteiger partial charge in [-0.15, -0.1) is 0 Å². The van der Waals surface area contributed by atoms with Gasteiger partial charge in [-0.1, -0.05) is 18.2 Å². The first-order chi connectivity index (χ1) is 14.5. The summed E-state index contributed by atoms with van der Waals surface area (Å²) in [6.07, 6.45) is 0. The topological polar surface area (TPSA) is 110 Å². The number of nitrogens with two attached hydrogens (primary N) is 1. The van der Waals surface area contributed by atoms with Gasteiger partial charge in [0, 0.05) is 0 Å². The van der Waals surface area contributed by atoms with E-state index in [4.69, 9.17) is 29.1 Å². The molecule has 0 saturated carbocycles. The van der Waals surface area contributed by atoms with Gasteiger partial charge in [-0.2, -0.15) is 0 Å². The van der Waals surface area contributed by atoms with Crippen LogP contribution in [0.3, 0.4) is 0 Å². The summed E-state index contributed by atoms with van der Waals surface area (Å²) in [7, 11) is 4.24. The molecule has 1 aliphatic heterocycles. The van der Waals surface area contributed by atoms with Crippen LogP contribution in [0.25, 0.3) is 11.0 Å². The van der Waals surface area contributed by atoms with E-state index in [0.29, 0.717) is 28.0 Å². The molecule has 154 valence electrons. The third-order valence-corrected chi connectivity index (χ3v) is 5.00. The number of hydrogen-bond donors (Lipinski definition) is 1. The molecule has 8 nitrogen and oxygen atoms in total. The molecular weight excluding hydrogens is 390 g/mol. The minimum Gasteiger partial charge on any atom is -0.493 e. The van der Waals surface area contributed by atoms with Crippen molar-refractivity contribution < 1.29 is 28.2 Å². The zero-order valence-electron chi connectivity index (χ0n) is 16.6. The maximum atomic E-state index is 13.0. The van der Waals surface area contributed by atoms with E-state index in [1.165, 1.54) is 21.3 Å². The lowest BCUT2D eigenvalue weighted by atomic mass is 9.83. The lowest BCUT2D eigenvalue weighted by Gasteiger charge is -2.28. The zero-order valence-corrected chi connectivity index (χ0v) is 16.6. The third kappa shape index (κ3) is 2.93. The number of carbonyl (C=O) groups excluding carboxylic acids is 1. The molecule has 0 spiro atoms.